The van der Waals surface area contributed by atoms with E-state index < -0.39 is 18.0 Å². The molecule has 1 aromatic rings. The Bertz CT molecular complexity index is 443. The van der Waals surface area contributed by atoms with Crippen LogP contribution in [0.5, 0.6) is 5.75 Å². The first-order chi connectivity index (χ1) is 7.95. The van der Waals surface area contributed by atoms with E-state index in [1.807, 2.05) is 0 Å². The zero-order valence-electron chi connectivity index (χ0n) is 9.21. The number of rotatable bonds is 5. The SMILES string of the molecule is CC(Oc1cc(C(=O)O)ccc1CN)C(=O)O. The first kappa shape index (κ1) is 13.0. The van der Waals surface area contributed by atoms with Gasteiger partial charge in [-0.05, 0) is 19.1 Å². The Labute approximate surface area is 97.6 Å². The Morgan fingerprint density at radius 3 is 2.53 bits per heavy atom. The second-order valence-corrected chi connectivity index (χ2v) is 3.43. The van der Waals surface area contributed by atoms with Crippen LogP contribution in [0.4, 0.5) is 0 Å². The summed E-state index contributed by atoms with van der Waals surface area (Å²) < 4.78 is 5.15. The van der Waals surface area contributed by atoms with Gasteiger partial charge in [-0.15, -0.1) is 0 Å². The van der Waals surface area contributed by atoms with Crippen molar-refractivity contribution in [3.8, 4) is 5.75 Å². The number of hydrogen-bond donors (Lipinski definition) is 3. The molecule has 0 saturated carbocycles. The highest BCUT2D eigenvalue weighted by Gasteiger charge is 2.16. The first-order valence-electron chi connectivity index (χ1n) is 4.91. The minimum absolute atomic E-state index is 0.0230. The highest BCUT2D eigenvalue weighted by atomic mass is 16.5. The molecule has 1 unspecified atom stereocenters. The van der Waals surface area contributed by atoms with Crippen LogP contribution in [0.25, 0.3) is 0 Å². The third-order valence-electron chi connectivity index (χ3n) is 2.19. The highest BCUT2D eigenvalue weighted by Crippen LogP contribution is 2.21. The van der Waals surface area contributed by atoms with Gasteiger partial charge in [0.1, 0.15) is 5.75 Å². The molecule has 17 heavy (non-hydrogen) atoms. The average molecular weight is 239 g/mol. The van der Waals surface area contributed by atoms with E-state index in [-0.39, 0.29) is 17.9 Å². The summed E-state index contributed by atoms with van der Waals surface area (Å²) in [5, 5.41) is 17.5. The number of carboxylic acids is 2. The molecule has 0 aliphatic rings. The molecule has 0 radical (unpaired) electrons. The monoisotopic (exact) mass is 239 g/mol. The van der Waals surface area contributed by atoms with Crippen LogP contribution in [0.1, 0.15) is 22.8 Å². The van der Waals surface area contributed by atoms with Gasteiger partial charge in [0, 0.05) is 12.1 Å². The van der Waals surface area contributed by atoms with Crippen molar-refractivity contribution < 1.29 is 24.5 Å². The lowest BCUT2D eigenvalue weighted by Gasteiger charge is -2.14. The Morgan fingerprint density at radius 1 is 1.41 bits per heavy atom. The number of aromatic carboxylic acids is 1. The van der Waals surface area contributed by atoms with Gasteiger partial charge in [-0.2, -0.15) is 0 Å². The molecule has 0 heterocycles. The fraction of sp³-hybridized carbons (Fsp3) is 0.273. The fourth-order valence-corrected chi connectivity index (χ4v) is 1.21. The number of ether oxygens (including phenoxy) is 1. The van der Waals surface area contributed by atoms with Crippen molar-refractivity contribution in [1.29, 1.82) is 0 Å². The van der Waals surface area contributed by atoms with Gasteiger partial charge < -0.3 is 20.7 Å². The lowest BCUT2D eigenvalue weighted by molar-refractivity contribution is -0.144. The van der Waals surface area contributed by atoms with E-state index >= 15 is 0 Å². The number of benzene rings is 1. The lowest BCUT2D eigenvalue weighted by atomic mass is 10.1. The van der Waals surface area contributed by atoms with Gasteiger partial charge in [0.25, 0.3) is 0 Å². The summed E-state index contributed by atoms with van der Waals surface area (Å²) in [6.07, 6.45) is -1.07. The minimum Gasteiger partial charge on any atom is -0.479 e. The average Bonchev–Trinajstić information content (AvgIpc) is 2.28. The second kappa shape index (κ2) is 5.31. The molecule has 0 spiro atoms. The quantitative estimate of drug-likeness (QED) is 0.697. The van der Waals surface area contributed by atoms with Gasteiger partial charge in [0.2, 0.25) is 0 Å². The summed E-state index contributed by atoms with van der Waals surface area (Å²) in [5.74, 6) is -2.06. The molecular weight excluding hydrogens is 226 g/mol. The molecule has 1 atom stereocenters. The maximum absolute atomic E-state index is 10.8. The second-order valence-electron chi connectivity index (χ2n) is 3.43. The lowest BCUT2D eigenvalue weighted by Crippen LogP contribution is -2.23. The maximum Gasteiger partial charge on any atom is 0.344 e. The van der Waals surface area contributed by atoms with Crippen LogP contribution in [0.15, 0.2) is 18.2 Å². The zero-order chi connectivity index (χ0) is 13.0. The summed E-state index contributed by atoms with van der Waals surface area (Å²) in [5.41, 5.74) is 6.04. The molecular formula is C11H13NO5. The molecule has 4 N–H and O–H groups in total. The summed E-state index contributed by atoms with van der Waals surface area (Å²) in [7, 11) is 0. The molecule has 0 aliphatic heterocycles. The van der Waals surface area contributed by atoms with Crippen molar-refractivity contribution in [2.75, 3.05) is 0 Å². The number of nitrogens with two attached hydrogens (primary N) is 1. The topological polar surface area (TPSA) is 110 Å². The van der Waals surface area contributed by atoms with Gasteiger partial charge in [0.05, 0.1) is 5.56 Å². The van der Waals surface area contributed by atoms with Crippen molar-refractivity contribution in [2.24, 2.45) is 5.73 Å². The van der Waals surface area contributed by atoms with Gasteiger partial charge in [-0.3, -0.25) is 0 Å². The van der Waals surface area contributed by atoms with Crippen molar-refractivity contribution in [2.45, 2.75) is 19.6 Å². The van der Waals surface area contributed by atoms with Crippen LogP contribution >= 0.6 is 0 Å². The number of carbonyl (C=O) groups is 2. The third-order valence-corrected chi connectivity index (χ3v) is 2.19. The van der Waals surface area contributed by atoms with Crippen LogP contribution in [-0.4, -0.2) is 28.3 Å². The summed E-state index contributed by atoms with van der Waals surface area (Å²) in [6.45, 7) is 1.50. The molecule has 0 aliphatic carbocycles. The molecule has 92 valence electrons. The molecule has 0 bridgehead atoms. The molecule has 1 rings (SSSR count). The standard InChI is InChI=1S/C11H13NO5/c1-6(10(13)14)17-9-4-7(11(15)16)2-3-8(9)5-12/h2-4,6H,5,12H2,1H3,(H,13,14)(H,15,16). The number of hydrogen-bond acceptors (Lipinski definition) is 4. The van der Waals surface area contributed by atoms with Crippen LogP contribution in [0, 0.1) is 0 Å². The van der Waals surface area contributed by atoms with E-state index in [4.69, 9.17) is 20.7 Å². The van der Waals surface area contributed by atoms with Crippen LogP contribution in [0.3, 0.4) is 0 Å². The normalized spacial score (nSPS) is 11.9. The van der Waals surface area contributed by atoms with Crippen LogP contribution < -0.4 is 10.5 Å². The maximum atomic E-state index is 10.8. The van der Waals surface area contributed by atoms with Gasteiger partial charge in [0.15, 0.2) is 6.10 Å². The smallest absolute Gasteiger partial charge is 0.344 e. The van der Waals surface area contributed by atoms with Crippen LogP contribution in [0.2, 0.25) is 0 Å². The van der Waals surface area contributed by atoms with E-state index in [0.29, 0.717) is 5.56 Å². The summed E-state index contributed by atoms with van der Waals surface area (Å²) in [4.78, 5) is 21.4. The minimum atomic E-state index is -1.13. The van der Waals surface area contributed by atoms with E-state index in [0.717, 1.165) is 0 Å². The van der Waals surface area contributed by atoms with Crippen molar-refractivity contribution in [3.63, 3.8) is 0 Å². The first-order valence-corrected chi connectivity index (χ1v) is 4.91. The molecule has 0 amide bonds. The van der Waals surface area contributed by atoms with E-state index in [9.17, 15) is 9.59 Å². The molecule has 0 fully saturated rings. The number of aliphatic carboxylic acids is 1. The van der Waals surface area contributed by atoms with Gasteiger partial charge in [-0.1, -0.05) is 6.07 Å². The predicted octanol–water partition coefficient (Wildman–Crippen LogP) is 0.695. The summed E-state index contributed by atoms with van der Waals surface area (Å²) >= 11 is 0. The summed E-state index contributed by atoms with van der Waals surface area (Å²) in [6, 6.07) is 4.17. The Morgan fingerprint density at radius 2 is 2.06 bits per heavy atom. The van der Waals surface area contributed by atoms with Gasteiger partial charge in [-0.25, -0.2) is 9.59 Å². The third kappa shape index (κ3) is 3.18. The van der Waals surface area contributed by atoms with Crippen LogP contribution in [-0.2, 0) is 11.3 Å². The Balaban J connectivity index is 3.06. The van der Waals surface area contributed by atoms with Crippen molar-refractivity contribution in [3.05, 3.63) is 29.3 Å². The van der Waals surface area contributed by atoms with Gasteiger partial charge >= 0.3 is 11.9 Å². The van der Waals surface area contributed by atoms with E-state index in [2.05, 4.69) is 0 Å². The Kier molecular flexibility index (Phi) is 4.06. The molecule has 6 nitrogen and oxygen atoms in total. The zero-order valence-corrected chi connectivity index (χ0v) is 9.21. The predicted molar refractivity (Wildman–Crippen MR) is 59.0 cm³/mol. The van der Waals surface area contributed by atoms with Crippen molar-refractivity contribution in [1.82, 2.24) is 0 Å². The molecule has 1 aromatic carbocycles. The van der Waals surface area contributed by atoms with E-state index in [1.165, 1.54) is 25.1 Å². The number of carboxylic acid groups (broad SMARTS) is 2. The molecule has 0 saturated heterocycles. The molecule has 6 heteroatoms. The van der Waals surface area contributed by atoms with Crippen molar-refractivity contribution >= 4 is 11.9 Å². The fourth-order valence-electron chi connectivity index (χ4n) is 1.21. The highest BCUT2D eigenvalue weighted by molar-refractivity contribution is 5.88. The Hall–Kier alpha value is -2.08. The largest absolute Gasteiger partial charge is 0.479 e. The molecule has 0 aromatic heterocycles. The van der Waals surface area contributed by atoms with E-state index in [1.54, 1.807) is 0 Å².